The molecule has 0 bridgehead atoms. The summed E-state index contributed by atoms with van der Waals surface area (Å²) >= 11 is 11.6. The number of hydrogen-bond acceptors (Lipinski definition) is 0. The van der Waals surface area contributed by atoms with E-state index in [1.807, 2.05) is 19.1 Å². The first-order valence-corrected chi connectivity index (χ1v) is 5.38. The van der Waals surface area contributed by atoms with Gasteiger partial charge in [-0.05, 0) is 37.1 Å². The SMILES string of the molecule is Cc1cc(Cl)c(C#CCCCl)cc1C. The lowest BCUT2D eigenvalue weighted by molar-refractivity contribution is 1.29. The molecule has 0 unspecified atom stereocenters. The van der Waals surface area contributed by atoms with Crippen molar-refractivity contribution in [3.63, 3.8) is 0 Å². The van der Waals surface area contributed by atoms with E-state index in [0.29, 0.717) is 12.3 Å². The van der Waals surface area contributed by atoms with Gasteiger partial charge in [-0.2, -0.15) is 0 Å². The third-order valence-corrected chi connectivity index (χ3v) is 2.53. The monoisotopic (exact) mass is 226 g/mol. The van der Waals surface area contributed by atoms with Crippen molar-refractivity contribution in [2.24, 2.45) is 0 Å². The second kappa shape index (κ2) is 5.29. The highest BCUT2D eigenvalue weighted by molar-refractivity contribution is 6.31. The highest BCUT2D eigenvalue weighted by atomic mass is 35.5. The number of hydrogen-bond donors (Lipinski definition) is 0. The molecule has 0 atom stereocenters. The fraction of sp³-hybridized carbons (Fsp3) is 0.333. The van der Waals surface area contributed by atoms with Gasteiger partial charge in [0.2, 0.25) is 0 Å². The minimum atomic E-state index is 0.565. The van der Waals surface area contributed by atoms with E-state index in [-0.39, 0.29) is 0 Å². The largest absolute Gasteiger partial charge is 0.126 e. The lowest BCUT2D eigenvalue weighted by atomic mass is 10.1. The Balaban J connectivity index is 3.00. The van der Waals surface area contributed by atoms with Crippen LogP contribution in [0.3, 0.4) is 0 Å². The molecule has 2 heteroatoms. The maximum atomic E-state index is 6.04. The Hall–Kier alpha value is -0.640. The van der Waals surface area contributed by atoms with E-state index < -0.39 is 0 Å². The maximum absolute atomic E-state index is 6.04. The van der Waals surface area contributed by atoms with E-state index >= 15 is 0 Å². The standard InChI is InChI=1S/C12H12Cl2/c1-9-7-11(5-3-4-6-13)12(14)8-10(9)2/h7-8H,4,6H2,1-2H3. The van der Waals surface area contributed by atoms with Crippen molar-refractivity contribution < 1.29 is 0 Å². The smallest absolute Gasteiger partial charge is 0.0565 e. The summed E-state index contributed by atoms with van der Waals surface area (Å²) in [5.74, 6) is 6.55. The molecule has 74 valence electrons. The average Bonchev–Trinajstić information content (AvgIpc) is 2.14. The Bertz CT molecular complexity index is 383. The minimum Gasteiger partial charge on any atom is -0.126 e. The molecule has 0 N–H and O–H groups in total. The molecule has 0 aliphatic rings. The third kappa shape index (κ3) is 2.94. The molecule has 1 rings (SSSR count). The van der Waals surface area contributed by atoms with Crippen molar-refractivity contribution in [3.05, 3.63) is 33.8 Å². The second-order valence-corrected chi connectivity index (χ2v) is 3.94. The molecule has 0 nitrogen and oxygen atoms in total. The van der Waals surface area contributed by atoms with E-state index in [4.69, 9.17) is 23.2 Å². The molecule has 0 aliphatic heterocycles. The molecule has 0 aromatic heterocycles. The molecule has 0 aliphatic carbocycles. The van der Waals surface area contributed by atoms with E-state index in [1.165, 1.54) is 11.1 Å². The summed E-state index contributed by atoms with van der Waals surface area (Å²) in [7, 11) is 0. The van der Waals surface area contributed by atoms with Crippen LogP contribution in [-0.4, -0.2) is 5.88 Å². The van der Waals surface area contributed by atoms with Crippen LogP contribution in [0.5, 0.6) is 0 Å². The van der Waals surface area contributed by atoms with Crippen LogP contribution >= 0.6 is 23.2 Å². The second-order valence-electron chi connectivity index (χ2n) is 3.16. The van der Waals surface area contributed by atoms with Gasteiger partial charge < -0.3 is 0 Å². The zero-order valence-electron chi connectivity index (χ0n) is 8.32. The first-order valence-electron chi connectivity index (χ1n) is 4.46. The normalized spacial score (nSPS) is 9.43. The lowest BCUT2D eigenvalue weighted by Gasteiger charge is -2.02. The maximum Gasteiger partial charge on any atom is 0.0565 e. The molecule has 0 heterocycles. The fourth-order valence-electron chi connectivity index (χ4n) is 1.08. The van der Waals surface area contributed by atoms with Crippen LogP contribution in [-0.2, 0) is 0 Å². The van der Waals surface area contributed by atoms with Crippen molar-refractivity contribution in [2.75, 3.05) is 5.88 Å². The Morgan fingerprint density at radius 3 is 2.50 bits per heavy atom. The molecular weight excluding hydrogens is 215 g/mol. The van der Waals surface area contributed by atoms with Crippen LogP contribution in [0.15, 0.2) is 12.1 Å². The van der Waals surface area contributed by atoms with Gasteiger partial charge in [0.05, 0.1) is 5.02 Å². The van der Waals surface area contributed by atoms with E-state index in [2.05, 4.69) is 18.8 Å². The number of rotatable bonds is 1. The summed E-state index contributed by atoms with van der Waals surface area (Å²) in [6.45, 7) is 4.09. The predicted octanol–water partition coefficient (Wildman–Crippen LogP) is 3.94. The first kappa shape index (κ1) is 11.4. The molecule has 0 amide bonds. The average molecular weight is 227 g/mol. The van der Waals surface area contributed by atoms with E-state index in [9.17, 15) is 0 Å². The topological polar surface area (TPSA) is 0 Å². The van der Waals surface area contributed by atoms with Crippen LogP contribution in [0.1, 0.15) is 23.1 Å². The van der Waals surface area contributed by atoms with Gasteiger partial charge >= 0.3 is 0 Å². The van der Waals surface area contributed by atoms with Crippen LogP contribution in [0.4, 0.5) is 0 Å². The zero-order valence-corrected chi connectivity index (χ0v) is 9.84. The Morgan fingerprint density at radius 2 is 1.86 bits per heavy atom. The number of benzene rings is 1. The predicted molar refractivity (Wildman–Crippen MR) is 63.1 cm³/mol. The molecule has 1 aromatic carbocycles. The van der Waals surface area contributed by atoms with Crippen LogP contribution in [0.2, 0.25) is 5.02 Å². The lowest BCUT2D eigenvalue weighted by Crippen LogP contribution is -1.85. The summed E-state index contributed by atoms with van der Waals surface area (Å²) in [5.41, 5.74) is 3.29. The van der Waals surface area contributed by atoms with Gasteiger partial charge in [-0.1, -0.05) is 23.4 Å². The van der Waals surface area contributed by atoms with Gasteiger partial charge in [0.1, 0.15) is 0 Å². The van der Waals surface area contributed by atoms with Crippen molar-refractivity contribution in [3.8, 4) is 11.8 Å². The van der Waals surface area contributed by atoms with Crippen molar-refractivity contribution in [1.82, 2.24) is 0 Å². The number of aryl methyl sites for hydroxylation is 2. The van der Waals surface area contributed by atoms with Crippen LogP contribution in [0, 0.1) is 25.7 Å². The molecule has 0 fully saturated rings. The molecule has 0 spiro atoms. The summed E-state index contributed by atoms with van der Waals surface area (Å²) in [6, 6.07) is 3.96. The highest BCUT2D eigenvalue weighted by Gasteiger charge is 2.00. The number of halogens is 2. The summed E-state index contributed by atoms with van der Waals surface area (Å²) < 4.78 is 0. The first-order chi connectivity index (χ1) is 6.65. The quantitative estimate of drug-likeness (QED) is 0.503. The summed E-state index contributed by atoms with van der Waals surface area (Å²) in [5, 5.41) is 0.718. The molecule has 0 radical (unpaired) electrons. The molecule has 0 saturated heterocycles. The van der Waals surface area contributed by atoms with Gasteiger partial charge in [-0.15, -0.1) is 11.6 Å². The molecular formula is C12H12Cl2. The zero-order chi connectivity index (χ0) is 10.6. The van der Waals surface area contributed by atoms with Gasteiger partial charge in [0.25, 0.3) is 0 Å². The Kier molecular flexibility index (Phi) is 4.32. The summed E-state index contributed by atoms with van der Waals surface area (Å²) in [4.78, 5) is 0. The Morgan fingerprint density at radius 1 is 1.21 bits per heavy atom. The van der Waals surface area contributed by atoms with Gasteiger partial charge in [0.15, 0.2) is 0 Å². The van der Waals surface area contributed by atoms with E-state index in [0.717, 1.165) is 10.6 Å². The molecule has 0 saturated carbocycles. The van der Waals surface area contributed by atoms with Gasteiger partial charge in [-0.3, -0.25) is 0 Å². The van der Waals surface area contributed by atoms with Crippen molar-refractivity contribution in [1.29, 1.82) is 0 Å². The molecule has 1 aromatic rings. The van der Waals surface area contributed by atoms with Crippen molar-refractivity contribution in [2.45, 2.75) is 20.3 Å². The van der Waals surface area contributed by atoms with Gasteiger partial charge in [-0.25, -0.2) is 0 Å². The van der Waals surface area contributed by atoms with Crippen LogP contribution in [0.25, 0.3) is 0 Å². The Labute approximate surface area is 95.2 Å². The van der Waals surface area contributed by atoms with Crippen molar-refractivity contribution >= 4 is 23.2 Å². The number of alkyl halides is 1. The minimum absolute atomic E-state index is 0.565. The fourth-order valence-corrected chi connectivity index (χ4v) is 1.44. The van der Waals surface area contributed by atoms with Crippen LogP contribution < -0.4 is 0 Å². The third-order valence-electron chi connectivity index (χ3n) is 2.03. The summed E-state index contributed by atoms with van der Waals surface area (Å²) in [6.07, 6.45) is 0.699. The molecule has 14 heavy (non-hydrogen) atoms. The van der Waals surface area contributed by atoms with Gasteiger partial charge in [0, 0.05) is 17.9 Å². The van der Waals surface area contributed by atoms with E-state index in [1.54, 1.807) is 0 Å². The highest BCUT2D eigenvalue weighted by Crippen LogP contribution is 2.19.